The number of likely N-dealkylation sites (tertiary alicyclic amines) is 1. The van der Waals surface area contributed by atoms with Crippen LogP contribution in [0.25, 0.3) is 0 Å². The minimum Gasteiger partial charge on any atom is -0.494 e. The Balaban J connectivity index is 1.52. The van der Waals surface area contributed by atoms with E-state index in [0.29, 0.717) is 42.7 Å². The number of hydrogen-bond donors (Lipinski definition) is 11. The number of guanidine groups is 1. The van der Waals surface area contributed by atoms with E-state index < -0.39 is 125 Å². The van der Waals surface area contributed by atoms with Crippen molar-refractivity contribution in [3.05, 3.63) is 65.7 Å². The molecule has 432 valence electrons. The number of hydrogen-bond acceptors (Lipinski definition) is 14. The Bertz CT molecular complexity index is 2490. The van der Waals surface area contributed by atoms with Crippen molar-refractivity contribution in [2.24, 2.45) is 33.8 Å². The van der Waals surface area contributed by atoms with Gasteiger partial charge in [-0.3, -0.25) is 52.9 Å². The molecule has 2 aliphatic heterocycles. The molecule has 2 aromatic carbocycles. The summed E-state index contributed by atoms with van der Waals surface area (Å²) in [5.74, 6) is -7.88. The first-order valence-electron chi connectivity index (χ1n) is 26.7. The second-order valence-electron chi connectivity index (χ2n) is 20.3. The molecule has 2 aromatic rings. The Morgan fingerprint density at radius 1 is 0.772 bits per heavy atom. The molecule has 1 aliphatic carbocycles. The van der Waals surface area contributed by atoms with Gasteiger partial charge >= 0.3 is 0 Å². The van der Waals surface area contributed by atoms with E-state index in [1.54, 1.807) is 68.4 Å². The number of ether oxygens (including phenoxy) is 1. The summed E-state index contributed by atoms with van der Waals surface area (Å²) in [7, 11) is 2.59. The lowest BCUT2D eigenvalue weighted by Gasteiger charge is -2.37. The molecule has 1 spiro atoms. The molecule has 15 N–H and O–H groups in total. The molecular formula is C53H77N13O11S2. The summed E-state index contributed by atoms with van der Waals surface area (Å²) < 4.78 is 4.92. The Morgan fingerprint density at radius 2 is 1.41 bits per heavy atom. The van der Waals surface area contributed by atoms with Gasteiger partial charge < -0.3 is 69.8 Å². The average Bonchev–Trinajstić information content (AvgIpc) is 3.91. The summed E-state index contributed by atoms with van der Waals surface area (Å²) in [5.41, 5.74) is 23.2. The van der Waals surface area contributed by atoms with Crippen LogP contribution in [0.5, 0.6) is 5.75 Å². The highest BCUT2D eigenvalue weighted by Crippen LogP contribution is 2.48. The molecule has 26 heteroatoms. The minimum absolute atomic E-state index is 0.0131. The average molecular weight is 1140 g/mol. The first kappa shape index (κ1) is 62.7. The van der Waals surface area contributed by atoms with E-state index in [-0.39, 0.29) is 63.3 Å². The Labute approximate surface area is 468 Å². The van der Waals surface area contributed by atoms with Gasteiger partial charge in [0.2, 0.25) is 59.1 Å². The number of carbonyl (C=O) groups is 10. The fourth-order valence-corrected chi connectivity index (χ4v) is 13.0. The van der Waals surface area contributed by atoms with Crippen molar-refractivity contribution in [2.45, 2.75) is 151 Å². The maximum absolute atomic E-state index is 15.0. The van der Waals surface area contributed by atoms with Crippen LogP contribution in [0.3, 0.4) is 0 Å². The van der Waals surface area contributed by atoms with E-state index in [9.17, 15) is 47.9 Å². The molecular weight excluding hydrogens is 1060 g/mol. The second kappa shape index (κ2) is 30.9. The van der Waals surface area contributed by atoms with Crippen LogP contribution in [0, 0.1) is 5.92 Å². The van der Waals surface area contributed by atoms with Crippen LogP contribution in [0.15, 0.2) is 59.6 Å². The van der Waals surface area contributed by atoms with E-state index in [2.05, 4.69) is 42.2 Å². The number of nitrogens with one attached hydrogen (secondary N) is 7. The molecule has 7 atom stereocenters. The lowest BCUT2D eigenvalue weighted by molar-refractivity contribution is -0.142. The first-order valence-corrected chi connectivity index (χ1v) is 29.1. The molecule has 0 aromatic heterocycles. The van der Waals surface area contributed by atoms with Crippen LogP contribution in [-0.4, -0.2) is 149 Å². The Kier molecular flexibility index (Phi) is 24.5. The molecule has 3 aliphatic rings. The monoisotopic (exact) mass is 1140 g/mol. The van der Waals surface area contributed by atoms with Crippen LogP contribution in [0.4, 0.5) is 0 Å². The molecule has 1 saturated carbocycles. The van der Waals surface area contributed by atoms with Crippen LogP contribution in [-0.2, 0) is 60.8 Å². The second-order valence-corrected chi connectivity index (χ2v) is 23.2. The van der Waals surface area contributed by atoms with Gasteiger partial charge in [-0.1, -0.05) is 97.2 Å². The van der Waals surface area contributed by atoms with Crippen molar-refractivity contribution in [3.8, 4) is 5.75 Å². The maximum atomic E-state index is 15.0. The topological polar surface area (TPSA) is 384 Å². The van der Waals surface area contributed by atoms with Gasteiger partial charge in [-0.05, 0) is 74.6 Å². The molecule has 0 radical (unpaired) electrons. The lowest BCUT2D eigenvalue weighted by Crippen LogP contribution is -2.61. The predicted molar refractivity (Wildman–Crippen MR) is 299 cm³/mol. The van der Waals surface area contributed by atoms with Crippen molar-refractivity contribution in [1.82, 2.24) is 42.1 Å². The number of nitrogens with zero attached hydrogens (tertiary/aromatic N) is 2. The number of primary amides is 2. The van der Waals surface area contributed by atoms with E-state index >= 15 is 0 Å². The van der Waals surface area contributed by atoms with Crippen molar-refractivity contribution in [3.63, 3.8) is 0 Å². The van der Waals surface area contributed by atoms with Crippen LogP contribution in [0.2, 0.25) is 0 Å². The van der Waals surface area contributed by atoms with Crippen molar-refractivity contribution < 1.29 is 52.7 Å². The molecule has 24 nitrogen and oxygen atoms in total. The molecule has 2 heterocycles. The summed E-state index contributed by atoms with van der Waals surface area (Å²) in [6.07, 6.45) is 3.75. The van der Waals surface area contributed by atoms with Gasteiger partial charge in [0.15, 0.2) is 5.96 Å². The van der Waals surface area contributed by atoms with E-state index in [1.807, 2.05) is 6.92 Å². The number of benzene rings is 2. The summed E-state index contributed by atoms with van der Waals surface area (Å²) >= 11 is 0. The lowest BCUT2D eigenvalue weighted by atomic mass is 9.85. The van der Waals surface area contributed by atoms with Gasteiger partial charge in [0, 0.05) is 42.9 Å². The smallest absolute Gasteiger partial charge is 0.246 e. The number of amides is 10. The molecule has 2 saturated heterocycles. The third kappa shape index (κ3) is 20.0. The zero-order chi connectivity index (χ0) is 57.6. The zero-order valence-corrected chi connectivity index (χ0v) is 46.7. The van der Waals surface area contributed by atoms with Gasteiger partial charge in [0.25, 0.3) is 0 Å². The van der Waals surface area contributed by atoms with Gasteiger partial charge in [-0.15, -0.1) is 0 Å². The number of nitrogens with two attached hydrogens (primary N) is 4. The molecule has 3 fully saturated rings. The van der Waals surface area contributed by atoms with E-state index in [1.165, 1.54) is 26.5 Å². The molecule has 79 heavy (non-hydrogen) atoms. The van der Waals surface area contributed by atoms with Crippen molar-refractivity contribution in [2.75, 3.05) is 32.0 Å². The minimum atomic E-state index is -1.66. The molecule has 5 rings (SSSR count). The summed E-state index contributed by atoms with van der Waals surface area (Å²) in [6, 6.07) is 6.83. The fraction of sp³-hybridized carbons (Fsp3) is 0.566. The van der Waals surface area contributed by atoms with Crippen molar-refractivity contribution >= 4 is 86.6 Å². The molecule has 0 bridgehead atoms. The van der Waals surface area contributed by atoms with Gasteiger partial charge in [-0.2, -0.15) is 0 Å². The van der Waals surface area contributed by atoms with Gasteiger partial charge in [0.05, 0.1) is 19.6 Å². The number of carbonyl (C=O) groups excluding carboxylic acids is 10. The predicted octanol–water partition coefficient (Wildman–Crippen LogP) is -0.555. The van der Waals surface area contributed by atoms with Crippen molar-refractivity contribution in [1.29, 1.82) is 0 Å². The SMILES string of the molecule is CCOc1ccc(C[C@@H]2NC(=O)CC3(CCCCC3)SSCC(C(=O)N3CCC[C@H]3C(=O)N[C@@H](CCCN=C(N)N)C(=O)NCC(N)=O)NC(=O)[C@H](CC(N)=O)NC(=O)C(C(C)C)NC(=O)C(Cc3ccccc3)NC2=O)cc1. The summed E-state index contributed by atoms with van der Waals surface area (Å²) in [4.78, 5) is 144. The Hall–Kier alpha value is -7.09. The normalized spacial score (nSPS) is 22.9. The first-order chi connectivity index (χ1) is 37.7. The highest BCUT2D eigenvalue weighted by molar-refractivity contribution is 8.77. The van der Waals surface area contributed by atoms with Crippen LogP contribution < -0.4 is 64.9 Å². The zero-order valence-electron chi connectivity index (χ0n) is 45.1. The van der Waals surface area contributed by atoms with Crippen LogP contribution >= 0.6 is 21.6 Å². The fourth-order valence-electron chi connectivity index (χ4n) is 9.66. The highest BCUT2D eigenvalue weighted by atomic mass is 33.1. The largest absolute Gasteiger partial charge is 0.494 e. The van der Waals surface area contributed by atoms with Gasteiger partial charge in [-0.25, -0.2) is 0 Å². The molecule has 10 amide bonds. The summed E-state index contributed by atoms with van der Waals surface area (Å²) in [5, 5.41) is 19.0. The number of rotatable bonds is 19. The molecule has 3 unspecified atom stereocenters. The van der Waals surface area contributed by atoms with Gasteiger partial charge in [0.1, 0.15) is 48.0 Å². The standard InChI is InChI=1S/C53H77N13O11S2/c1-4-77-34-19-17-33(18-20-34)26-36-46(71)62-37(25-32-13-7-5-8-14-32)48(73)65-44(31(2)3)50(75)63-38(27-41(54)67)47(72)64-39(30-78-79-53(28-43(69)60-36)21-9-6-10-22-53)51(76)66-24-12-16-40(66)49(74)61-35(15-11-23-58-52(56)57)45(70)59-29-42(55)68/h5,7-8,13-14,17-20,31,35-40,44H,4,6,9-12,15-16,21-30H2,1-3H3,(H2,54,67)(H2,55,68)(H,59,70)(H,60,69)(H,61,74)(H,62,71)(H,63,75)(H,64,72)(H,65,73)(H4,56,57,58)/t35-,36-,37?,38-,39?,40-,44?/m0/s1. The summed E-state index contributed by atoms with van der Waals surface area (Å²) in [6.45, 7) is 5.28. The Morgan fingerprint density at radius 3 is 2.04 bits per heavy atom. The third-order valence-corrected chi connectivity index (χ3v) is 17.0. The third-order valence-electron chi connectivity index (χ3n) is 13.7. The quantitative estimate of drug-likeness (QED) is 0.0364. The van der Waals surface area contributed by atoms with Crippen LogP contribution in [0.1, 0.15) is 103 Å². The van der Waals surface area contributed by atoms with E-state index in [4.69, 9.17) is 27.7 Å². The van der Waals surface area contributed by atoms with E-state index in [0.717, 1.165) is 19.3 Å². The highest BCUT2D eigenvalue weighted by Gasteiger charge is 2.42. The maximum Gasteiger partial charge on any atom is 0.246 e. The number of aliphatic imine (C=N–C) groups is 1.